The van der Waals surface area contributed by atoms with Crippen molar-refractivity contribution in [3.05, 3.63) is 65.1 Å². The first-order valence-corrected chi connectivity index (χ1v) is 8.46. The highest BCUT2D eigenvalue weighted by molar-refractivity contribution is 6.30. The lowest BCUT2D eigenvalue weighted by atomic mass is 10.1. The molecule has 130 valence electrons. The summed E-state index contributed by atoms with van der Waals surface area (Å²) in [6.07, 6.45) is 3.26. The second-order valence-electron chi connectivity index (χ2n) is 6.09. The molecule has 1 aromatic carbocycles. The predicted molar refractivity (Wildman–Crippen MR) is 97.5 cm³/mol. The molecule has 1 atom stereocenters. The average molecular weight is 358 g/mol. The smallest absolute Gasteiger partial charge is 0.230 e. The fourth-order valence-electron chi connectivity index (χ4n) is 2.57. The molecular weight excluding hydrogens is 338 g/mol. The van der Waals surface area contributed by atoms with Gasteiger partial charge < -0.3 is 5.32 Å². The van der Waals surface area contributed by atoms with Crippen LogP contribution in [0.1, 0.15) is 18.2 Å². The van der Waals surface area contributed by atoms with Gasteiger partial charge in [-0.05, 0) is 12.5 Å². The monoisotopic (exact) mass is 357 g/mol. The molecule has 0 fully saturated rings. The number of aryl methyl sites for hydroxylation is 1. The molecule has 2 heterocycles. The average Bonchev–Trinajstić information content (AvgIpc) is 3.14. The first-order valence-electron chi connectivity index (χ1n) is 8.08. The summed E-state index contributed by atoms with van der Waals surface area (Å²) >= 11 is 5.86. The van der Waals surface area contributed by atoms with E-state index in [2.05, 4.69) is 15.5 Å². The van der Waals surface area contributed by atoms with Crippen molar-refractivity contribution in [1.82, 2.24) is 19.6 Å². The molecule has 3 aromatic rings. The molecule has 0 bridgehead atoms. The first kappa shape index (κ1) is 17.2. The van der Waals surface area contributed by atoms with Crippen LogP contribution in [0.3, 0.4) is 0 Å². The molecule has 6 nitrogen and oxygen atoms in total. The summed E-state index contributed by atoms with van der Waals surface area (Å²) in [7, 11) is 0. The Bertz CT molecular complexity index is 855. The van der Waals surface area contributed by atoms with Crippen molar-refractivity contribution in [2.24, 2.45) is 5.92 Å². The fourth-order valence-corrected chi connectivity index (χ4v) is 2.73. The largest absolute Gasteiger partial charge is 0.311 e. The Morgan fingerprint density at radius 3 is 2.76 bits per heavy atom. The Balaban J connectivity index is 1.68. The van der Waals surface area contributed by atoms with E-state index in [1.807, 2.05) is 50.2 Å². The number of nitrogens with zero attached hydrogens (tertiary/aromatic N) is 4. The van der Waals surface area contributed by atoms with Gasteiger partial charge in [0.2, 0.25) is 5.91 Å². The molecule has 0 saturated carbocycles. The summed E-state index contributed by atoms with van der Waals surface area (Å²) in [6.45, 7) is 4.83. The van der Waals surface area contributed by atoms with E-state index in [0.29, 0.717) is 23.9 Å². The van der Waals surface area contributed by atoms with E-state index in [-0.39, 0.29) is 11.8 Å². The molecule has 1 N–H and O–H groups in total. The van der Waals surface area contributed by atoms with Gasteiger partial charge in [0.05, 0.1) is 35.9 Å². The summed E-state index contributed by atoms with van der Waals surface area (Å²) in [5.74, 6) is 0.355. The van der Waals surface area contributed by atoms with Gasteiger partial charge in [0.1, 0.15) is 5.82 Å². The van der Waals surface area contributed by atoms with Gasteiger partial charge in [-0.1, -0.05) is 48.9 Å². The molecule has 7 heteroatoms. The molecule has 0 aliphatic rings. The third-order valence-corrected chi connectivity index (χ3v) is 4.03. The van der Waals surface area contributed by atoms with Gasteiger partial charge in [0, 0.05) is 12.3 Å². The van der Waals surface area contributed by atoms with Crippen molar-refractivity contribution in [2.45, 2.75) is 26.9 Å². The van der Waals surface area contributed by atoms with E-state index in [1.165, 1.54) is 0 Å². The minimum Gasteiger partial charge on any atom is -0.311 e. The number of nitrogens with one attached hydrogen (secondary N) is 1. The molecule has 0 saturated heterocycles. The van der Waals surface area contributed by atoms with Crippen LogP contribution in [0.5, 0.6) is 0 Å². The van der Waals surface area contributed by atoms with Gasteiger partial charge in [-0.25, -0.2) is 4.68 Å². The lowest BCUT2D eigenvalue weighted by molar-refractivity contribution is -0.119. The van der Waals surface area contributed by atoms with E-state index < -0.39 is 0 Å². The number of hydrogen-bond acceptors (Lipinski definition) is 3. The molecule has 0 spiro atoms. The van der Waals surface area contributed by atoms with Crippen LogP contribution >= 0.6 is 11.6 Å². The molecule has 1 amide bonds. The number of carbonyl (C=O) groups is 1. The van der Waals surface area contributed by atoms with Gasteiger partial charge >= 0.3 is 0 Å². The van der Waals surface area contributed by atoms with E-state index >= 15 is 0 Å². The van der Waals surface area contributed by atoms with Crippen LogP contribution in [0.25, 0.3) is 0 Å². The third-order valence-electron chi connectivity index (χ3n) is 3.84. The van der Waals surface area contributed by atoms with Gasteiger partial charge in [0.15, 0.2) is 0 Å². The number of carbonyl (C=O) groups excluding carboxylic acids is 1. The number of benzene rings is 1. The topological polar surface area (TPSA) is 64.7 Å². The Morgan fingerprint density at radius 1 is 1.32 bits per heavy atom. The maximum Gasteiger partial charge on any atom is 0.230 e. The minimum atomic E-state index is -0.253. The Morgan fingerprint density at radius 2 is 2.08 bits per heavy atom. The van der Waals surface area contributed by atoms with E-state index in [1.54, 1.807) is 21.8 Å². The Labute approximate surface area is 151 Å². The van der Waals surface area contributed by atoms with Crippen molar-refractivity contribution in [3.8, 4) is 0 Å². The minimum absolute atomic E-state index is 0.0826. The number of hydrogen-bond donors (Lipinski definition) is 1. The zero-order chi connectivity index (χ0) is 17.8. The van der Waals surface area contributed by atoms with Gasteiger partial charge in [-0.15, -0.1) is 0 Å². The van der Waals surface area contributed by atoms with Gasteiger partial charge in [-0.3, -0.25) is 9.48 Å². The molecular formula is C18H20ClN5O. The number of anilines is 1. The number of halogens is 1. The summed E-state index contributed by atoms with van der Waals surface area (Å²) in [5, 5.41) is 12.1. The normalized spacial score (nSPS) is 12.1. The van der Waals surface area contributed by atoms with E-state index in [0.717, 1.165) is 11.3 Å². The zero-order valence-corrected chi connectivity index (χ0v) is 14.9. The lowest BCUT2D eigenvalue weighted by Gasteiger charge is -2.13. The number of aromatic nitrogens is 4. The quantitative estimate of drug-likeness (QED) is 0.735. The zero-order valence-electron chi connectivity index (χ0n) is 14.2. The maximum atomic E-state index is 12.5. The second-order valence-corrected chi connectivity index (χ2v) is 6.52. The highest BCUT2D eigenvalue weighted by atomic mass is 35.5. The predicted octanol–water partition coefficient (Wildman–Crippen LogP) is 3.36. The summed E-state index contributed by atoms with van der Waals surface area (Å²) in [6, 6.07) is 11.9. The van der Waals surface area contributed by atoms with Gasteiger partial charge in [0.25, 0.3) is 0 Å². The van der Waals surface area contributed by atoms with Crippen LogP contribution in [0.2, 0.25) is 5.02 Å². The number of rotatable bonds is 6. The van der Waals surface area contributed by atoms with Crippen LogP contribution in [0.4, 0.5) is 5.82 Å². The standard InChI is InChI=1S/C18H20ClN5O/c1-13(10-23-12-16(19)9-20-23)18(25)21-17-8-14(2)22-24(17)11-15-6-4-3-5-7-15/h3-9,12-13H,10-11H2,1-2H3,(H,21,25). The molecule has 3 rings (SSSR count). The summed E-state index contributed by atoms with van der Waals surface area (Å²) in [4.78, 5) is 12.5. The van der Waals surface area contributed by atoms with Crippen LogP contribution in [-0.2, 0) is 17.9 Å². The third kappa shape index (κ3) is 4.48. The van der Waals surface area contributed by atoms with Crippen LogP contribution in [0, 0.1) is 12.8 Å². The molecule has 0 aliphatic heterocycles. The van der Waals surface area contributed by atoms with Crippen LogP contribution in [-0.4, -0.2) is 25.5 Å². The Kier molecular flexibility index (Phi) is 5.19. The van der Waals surface area contributed by atoms with Crippen molar-refractivity contribution < 1.29 is 4.79 Å². The molecule has 1 unspecified atom stereocenters. The van der Waals surface area contributed by atoms with Crippen LogP contribution < -0.4 is 5.32 Å². The lowest BCUT2D eigenvalue weighted by Crippen LogP contribution is -2.26. The SMILES string of the molecule is Cc1cc(NC(=O)C(C)Cn2cc(Cl)cn2)n(Cc2ccccc2)n1. The van der Waals surface area contributed by atoms with Crippen LogP contribution in [0.15, 0.2) is 48.8 Å². The van der Waals surface area contributed by atoms with E-state index in [4.69, 9.17) is 11.6 Å². The highest BCUT2D eigenvalue weighted by Gasteiger charge is 2.17. The number of amides is 1. The van der Waals surface area contributed by atoms with Crippen molar-refractivity contribution in [3.63, 3.8) is 0 Å². The van der Waals surface area contributed by atoms with Gasteiger partial charge in [-0.2, -0.15) is 10.2 Å². The second kappa shape index (κ2) is 7.53. The highest BCUT2D eigenvalue weighted by Crippen LogP contribution is 2.15. The molecule has 2 aromatic heterocycles. The molecule has 25 heavy (non-hydrogen) atoms. The Hall–Kier alpha value is -2.60. The summed E-state index contributed by atoms with van der Waals surface area (Å²) in [5.41, 5.74) is 1.98. The van der Waals surface area contributed by atoms with Crippen molar-refractivity contribution >= 4 is 23.3 Å². The van der Waals surface area contributed by atoms with Crippen molar-refractivity contribution in [2.75, 3.05) is 5.32 Å². The van der Waals surface area contributed by atoms with Crippen molar-refractivity contribution in [1.29, 1.82) is 0 Å². The maximum absolute atomic E-state index is 12.5. The fraction of sp³-hybridized carbons (Fsp3) is 0.278. The first-order chi connectivity index (χ1) is 12.0. The molecule has 0 radical (unpaired) electrons. The van der Waals surface area contributed by atoms with E-state index in [9.17, 15) is 4.79 Å². The molecule has 0 aliphatic carbocycles. The summed E-state index contributed by atoms with van der Waals surface area (Å²) < 4.78 is 3.47.